The van der Waals surface area contributed by atoms with Gasteiger partial charge in [-0.25, -0.2) is 15.0 Å². The second-order valence-corrected chi connectivity index (χ2v) is 6.93. The highest BCUT2D eigenvalue weighted by molar-refractivity contribution is 5.37. The fraction of sp³-hybridized carbons (Fsp3) is 0.556. The number of nitrogens with zero attached hydrogens (tertiary/aromatic N) is 5. The van der Waals surface area contributed by atoms with Crippen LogP contribution in [0.25, 0.3) is 0 Å². The maximum Gasteiger partial charge on any atom is 0.232 e. The number of rotatable bonds is 5. The molecule has 0 N–H and O–H groups in total. The Bertz CT molecular complexity index is 706. The van der Waals surface area contributed by atoms with Crippen LogP contribution >= 0.6 is 0 Å². The first kappa shape index (κ1) is 16.2. The molecule has 0 aromatic carbocycles. The van der Waals surface area contributed by atoms with Crippen molar-refractivity contribution < 1.29 is 9.47 Å². The summed E-state index contributed by atoms with van der Waals surface area (Å²) in [6.07, 6.45) is 10.1. The Balaban J connectivity index is 1.26. The third kappa shape index (κ3) is 3.71. The molecule has 1 unspecified atom stereocenters. The van der Waals surface area contributed by atoms with Crippen LogP contribution in [0.5, 0.6) is 5.88 Å². The van der Waals surface area contributed by atoms with Gasteiger partial charge >= 0.3 is 0 Å². The number of hydrogen-bond acceptors (Lipinski definition) is 7. The van der Waals surface area contributed by atoms with Crippen LogP contribution in [0.2, 0.25) is 0 Å². The van der Waals surface area contributed by atoms with Gasteiger partial charge in [0.1, 0.15) is 5.60 Å². The predicted octanol–water partition coefficient (Wildman–Crippen LogP) is 2.03. The average molecular weight is 341 g/mol. The summed E-state index contributed by atoms with van der Waals surface area (Å²) in [6.45, 7) is 5.15. The lowest BCUT2D eigenvalue weighted by atomic mass is 9.79. The van der Waals surface area contributed by atoms with Crippen LogP contribution in [0.3, 0.4) is 0 Å². The predicted molar refractivity (Wildman–Crippen MR) is 92.5 cm³/mol. The molecule has 0 radical (unpaired) electrons. The summed E-state index contributed by atoms with van der Waals surface area (Å²) in [7, 11) is 0. The van der Waals surface area contributed by atoms with E-state index in [9.17, 15) is 0 Å². The van der Waals surface area contributed by atoms with E-state index in [1.165, 1.54) is 0 Å². The molecular formula is C18H23N5O2. The molecule has 1 atom stereocenters. The summed E-state index contributed by atoms with van der Waals surface area (Å²) >= 11 is 0. The van der Waals surface area contributed by atoms with Gasteiger partial charge < -0.3 is 14.4 Å². The Labute approximate surface area is 147 Å². The smallest absolute Gasteiger partial charge is 0.232 e. The van der Waals surface area contributed by atoms with Crippen molar-refractivity contribution in [1.82, 2.24) is 19.9 Å². The standard InChI is InChI=1S/C18H23N5O2/c1-14-10-19-11-16(22-14)24-7-3-15-4-8-25-18(9-15)12-23(13-18)17-20-5-2-6-21-17/h2,5-6,10-11,15H,3-4,7-9,12-13H2,1H3. The van der Waals surface area contributed by atoms with Crippen molar-refractivity contribution in [2.24, 2.45) is 5.92 Å². The largest absolute Gasteiger partial charge is 0.477 e. The van der Waals surface area contributed by atoms with Gasteiger partial charge in [-0.2, -0.15) is 0 Å². The lowest BCUT2D eigenvalue weighted by molar-refractivity contribution is -0.115. The van der Waals surface area contributed by atoms with Crippen molar-refractivity contribution in [3.8, 4) is 5.88 Å². The number of anilines is 1. The van der Waals surface area contributed by atoms with Crippen LogP contribution in [0.15, 0.2) is 30.9 Å². The lowest BCUT2D eigenvalue weighted by Gasteiger charge is -2.53. The molecule has 2 aliphatic heterocycles. The van der Waals surface area contributed by atoms with Crippen LogP contribution < -0.4 is 9.64 Å². The van der Waals surface area contributed by atoms with E-state index in [0.29, 0.717) is 18.4 Å². The van der Waals surface area contributed by atoms with Crippen molar-refractivity contribution >= 4 is 5.95 Å². The first-order chi connectivity index (χ1) is 12.2. The second kappa shape index (κ2) is 6.92. The van der Waals surface area contributed by atoms with Gasteiger partial charge in [0, 0.05) is 25.2 Å². The normalized spacial score (nSPS) is 21.8. The monoisotopic (exact) mass is 341 g/mol. The van der Waals surface area contributed by atoms with Gasteiger partial charge in [0.25, 0.3) is 0 Å². The zero-order valence-corrected chi connectivity index (χ0v) is 14.5. The summed E-state index contributed by atoms with van der Waals surface area (Å²) in [5.41, 5.74) is 0.839. The van der Waals surface area contributed by atoms with Crippen LogP contribution in [-0.2, 0) is 4.74 Å². The van der Waals surface area contributed by atoms with E-state index in [0.717, 1.165) is 50.6 Å². The van der Waals surface area contributed by atoms with E-state index >= 15 is 0 Å². The number of aromatic nitrogens is 4. The van der Waals surface area contributed by atoms with E-state index in [4.69, 9.17) is 9.47 Å². The van der Waals surface area contributed by atoms with Gasteiger partial charge in [-0.3, -0.25) is 4.98 Å². The van der Waals surface area contributed by atoms with Crippen LogP contribution in [0.1, 0.15) is 25.0 Å². The minimum absolute atomic E-state index is 0.0364. The molecule has 2 saturated heterocycles. The molecule has 7 heteroatoms. The van der Waals surface area contributed by atoms with Crippen LogP contribution in [0.4, 0.5) is 5.95 Å². The summed E-state index contributed by atoms with van der Waals surface area (Å²) in [6, 6.07) is 1.84. The first-order valence-corrected chi connectivity index (χ1v) is 8.80. The van der Waals surface area contributed by atoms with Crippen molar-refractivity contribution in [1.29, 1.82) is 0 Å². The summed E-state index contributed by atoms with van der Waals surface area (Å²) in [4.78, 5) is 19.2. The molecular weight excluding hydrogens is 318 g/mol. The quantitative estimate of drug-likeness (QED) is 0.824. The fourth-order valence-corrected chi connectivity index (χ4v) is 3.68. The lowest BCUT2D eigenvalue weighted by Crippen LogP contribution is -2.66. The third-order valence-corrected chi connectivity index (χ3v) is 4.90. The molecule has 1 spiro atoms. The van der Waals surface area contributed by atoms with Crippen molar-refractivity contribution in [3.63, 3.8) is 0 Å². The first-order valence-electron chi connectivity index (χ1n) is 8.80. The molecule has 2 fully saturated rings. The highest BCUT2D eigenvalue weighted by Gasteiger charge is 2.48. The summed E-state index contributed by atoms with van der Waals surface area (Å²) in [5.74, 6) is 2.02. The minimum Gasteiger partial charge on any atom is -0.477 e. The van der Waals surface area contributed by atoms with E-state index in [1.54, 1.807) is 24.8 Å². The zero-order valence-electron chi connectivity index (χ0n) is 14.5. The maximum absolute atomic E-state index is 6.10. The molecule has 132 valence electrons. The molecule has 0 amide bonds. The molecule has 0 saturated carbocycles. The Morgan fingerprint density at radius 1 is 1.28 bits per heavy atom. The Morgan fingerprint density at radius 3 is 2.92 bits per heavy atom. The van der Waals surface area contributed by atoms with E-state index in [2.05, 4.69) is 24.8 Å². The number of hydrogen-bond donors (Lipinski definition) is 0. The molecule has 2 aliphatic rings. The summed E-state index contributed by atoms with van der Waals surface area (Å²) < 4.78 is 11.9. The Kier molecular flexibility index (Phi) is 4.48. The second-order valence-electron chi connectivity index (χ2n) is 6.93. The highest BCUT2D eigenvalue weighted by Crippen LogP contribution is 2.39. The number of aryl methyl sites for hydroxylation is 1. The average Bonchev–Trinajstić information content (AvgIpc) is 2.61. The minimum atomic E-state index is -0.0364. The van der Waals surface area contributed by atoms with Crippen molar-refractivity contribution in [2.45, 2.75) is 31.8 Å². The summed E-state index contributed by atoms with van der Waals surface area (Å²) in [5, 5.41) is 0. The zero-order chi connectivity index (χ0) is 17.1. The fourth-order valence-electron chi connectivity index (χ4n) is 3.68. The van der Waals surface area contributed by atoms with E-state index in [-0.39, 0.29) is 5.60 Å². The van der Waals surface area contributed by atoms with Gasteiger partial charge in [-0.1, -0.05) is 0 Å². The molecule has 4 rings (SSSR count). The Hall–Kier alpha value is -2.28. The topological polar surface area (TPSA) is 73.3 Å². The van der Waals surface area contributed by atoms with Crippen LogP contribution in [0, 0.1) is 12.8 Å². The van der Waals surface area contributed by atoms with E-state index < -0.39 is 0 Å². The molecule has 25 heavy (non-hydrogen) atoms. The molecule has 7 nitrogen and oxygen atoms in total. The van der Waals surface area contributed by atoms with Gasteiger partial charge in [-0.05, 0) is 38.2 Å². The van der Waals surface area contributed by atoms with E-state index in [1.807, 2.05) is 13.0 Å². The third-order valence-electron chi connectivity index (χ3n) is 4.90. The SMILES string of the molecule is Cc1cncc(OCCC2CCOC3(C2)CN(c2ncccn2)C3)n1. The highest BCUT2D eigenvalue weighted by atomic mass is 16.5. The van der Waals surface area contributed by atoms with Gasteiger partial charge in [0.2, 0.25) is 11.8 Å². The van der Waals surface area contributed by atoms with Gasteiger partial charge in [0.15, 0.2) is 0 Å². The van der Waals surface area contributed by atoms with Crippen molar-refractivity contribution in [3.05, 3.63) is 36.5 Å². The number of ether oxygens (including phenoxy) is 2. The molecule has 0 aliphatic carbocycles. The maximum atomic E-state index is 6.10. The molecule has 2 aromatic rings. The van der Waals surface area contributed by atoms with Gasteiger partial charge in [-0.15, -0.1) is 0 Å². The molecule has 4 heterocycles. The van der Waals surface area contributed by atoms with Crippen molar-refractivity contribution in [2.75, 3.05) is 31.2 Å². The van der Waals surface area contributed by atoms with Gasteiger partial charge in [0.05, 0.1) is 31.6 Å². The Morgan fingerprint density at radius 2 is 2.12 bits per heavy atom. The van der Waals surface area contributed by atoms with Crippen LogP contribution in [-0.4, -0.2) is 51.8 Å². The molecule has 0 bridgehead atoms. The molecule has 2 aromatic heterocycles.